The minimum absolute atomic E-state index is 0.0838. The monoisotopic (exact) mass is 426 g/mol. The quantitative estimate of drug-likeness (QED) is 0.360. The van der Waals surface area contributed by atoms with E-state index < -0.39 is 6.04 Å². The number of carbonyl (C=O) groups is 1. The summed E-state index contributed by atoms with van der Waals surface area (Å²) in [5.41, 5.74) is 3.27. The molecule has 1 aliphatic rings. The van der Waals surface area contributed by atoms with Crippen LogP contribution >= 0.6 is 0 Å². The first-order valence-corrected chi connectivity index (χ1v) is 9.97. The summed E-state index contributed by atoms with van der Waals surface area (Å²) < 4.78 is 10.6. The lowest BCUT2D eigenvalue weighted by molar-refractivity contribution is 0.0990. The molecule has 0 aliphatic carbocycles. The van der Waals surface area contributed by atoms with Crippen LogP contribution in [0.4, 0.5) is 5.69 Å². The van der Waals surface area contributed by atoms with Crippen LogP contribution in [0, 0.1) is 5.41 Å². The SMILES string of the molecule is COc1cncc(NC(C(=N)/C=C2/C=CC=CN2)C(=O)c2cocc2-c2ccccc2)c1. The smallest absolute Gasteiger partial charge is 0.195 e. The number of nitrogens with one attached hydrogen (secondary N) is 3. The van der Waals surface area contributed by atoms with E-state index in [1.807, 2.05) is 48.6 Å². The minimum atomic E-state index is -0.974. The highest BCUT2D eigenvalue weighted by molar-refractivity contribution is 6.22. The molecule has 0 saturated heterocycles. The lowest BCUT2D eigenvalue weighted by Gasteiger charge is -2.19. The molecule has 0 fully saturated rings. The number of benzene rings is 1. The number of hydrogen-bond acceptors (Lipinski definition) is 7. The fourth-order valence-electron chi connectivity index (χ4n) is 3.29. The number of furan rings is 1. The Morgan fingerprint density at radius 2 is 2.06 bits per heavy atom. The second-order valence-corrected chi connectivity index (χ2v) is 7.04. The third kappa shape index (κ3) is 4.67. The van der Waals surface area contributed by atoms with Crippen LogP contribution in [0.25, 0.3) is 11.1 Å². The molecule has 4 rings (SSSR count). The van der Waals surface area contributed by atoms with Crippen LogP contribution in [-0.2, 0) is 0 Å². The number of ketones is 1. The second-order valence-electron chi connectivity index (χ2n) is 7.04. The fraction of sp³-hybridized carbons (Fsp3) is 0.0800. The van der Waals surface area contributed by atoms with Crippen molar-refractivity contribution in [3.05, 3.63) is 103 Å². The lowest BCUT2D eigenvalue weighted by Crippen LogP contribution is -2.37. The average Bonchev–Trinajstić information content (AvgIpc) is 3.33. The highest BCUT2D eigenvalue weighted by atomic mass is 16.5. The Hall–Kier alpha value is -4.39. The Morgan fingerprint density at radius 1 is 1.22 bits per heavy atom. The lowest BCUT2D eigenvalue weighted by atomic mass is 9.95. The van der Waals surface area contributed by atoms with E-state index in [-0.39, 0.29) is 11.5 Å². The highest BCUT2D eigenvalue weighted by Gasteiger charge is 2.28. The Kier molecular flexibility index (Phi) is 6.27. The van der Waals surface area contributed by atoms with E-state index in [1.54, 1.807) is 44.1 Å². The van der Waals surface area contributed by atoms with Crippen molar-refractivity contribution in [3.8, 4) is 16.9 Å². The minimum Gasteiger partial charge on any atom is -0.495 e. The van der Waals surface area contributed by atoms with Crippen molar-refractivity contribution >= 4 is 17.2 Å². The first-order chi connectivity index (χ1) is 15.7. The van der Waals surface area contributed by atoms with E-state index in [2.05, 4.69) is 15.6 Å². The molecule has 0 radical (unpaired) electrons. The Balaban J connectivity index is 1.69. The van der Waals surface area contributed by atoms with Gasteiger partial charge in [0.25, 0.3) is 0 Å². The number of pyridine rings is 1. The topological polar surface area (TPSA) is 100 Å². The van der Waals surface area contributed by atoms with Gasteiger partial charge in [0.05, 0.1) is 42.7 Å². The average molecular weight is 426 g/mol. The van der Waals surface area contributed by atoms with Crippen LogP contribution < -0.4 is 15.4 Å². The summed E-state index contributed by atoms with van der Waals surface area (Å²) in [6.45, 7) is 0. The van der Waals surface area contributed by atoms with Gasteiger partial charge < -0.3 is 25.2 Å². The number of carbonyl (C=O) groups excluding carboxylic acids is 1. The van der Waals surface area contributed by atoms with E-state index in [1.165, 1.54) is 6.26 Å². The van der Waals surface area contributed by atoms with Crippen LogP contribution in [0.15, 0.2) is 102 Å². The molecule has 3 aromatic rings. The molecule has 0 spiro atoms. The zero-order valence-electron chi connectivity index (χ0n) is 17.4. The molecule has 3 N–H and O–H groups in total. The number of allylic oxidation sites excluding steroid dienone is 3. The van der Waals surface area contributed by atoms with Crippen LogP contribution in [0.1, 0.15) is 10.4 Å². The van der Waals surface area contributed by atoms with E-state index in [0.29, 0.717) is 28.3 Å². The molecule has 3 heterocycles. The molecular formula is C25H22N4O3. The number of nitrogens with zero attached hydrogens (tertiary/aromatic N) is 1. The molecular weight excluding hydrogens is 404 g/mol. The standard InChI is InChI=1S/C25H22N4O3/c1-31-20-11-19(13-27-14-20)29-24(23(26)12-18-9-5-6-10-28-18)25(30)22-16-32-15-21(22)17-7-3-2-4-8-17/h2-16,24,26,28-29H,1H3/b18-12-,26-23?. The van der Waals surface area contributed by atoms with E-state index in [9.17, 15) is 4.79 Å². The van der Waals surface area contributed by atoms with Gasteiger partial charge in [-0.15, -0.1) is 0 Å². The molecule has 1 aliphatic heterocycles. The summed E-state index contributed by atoms with van der Waals surface area (Å²) in [6.07, 6.45) is 15.0. The van der Waals surface area contributed by atoms with Crippen LogP contribution in [-0.4, -0.2) is 29.6 Å². The molecule has 1 atom stereocenters. The maximum absolute atomic E-state index is 13.6. The predicted molar refractivity (Wildman–Crippen MR) is 124 cm³/mol. The summed E-state index contributed by atoms with van der Waals surface area (Å²) in [7, 11) is 1.54. The highest BCUT2D eigenvalue weighted by Crippen LogP contribution is 2.27. The Bertz CT molecular complexity index is 1210. The van der Waals surface area contributed by atoms with Crippen LogP contribution in [0.2, 0.25) is 0 Å². The largest absolute Gasteiger partial charge is 0.495 e. The molecule has 0 bridgehead atoms. The maximum atomic E-state index is 13.6. The summed E-state index contributed by atoms with van der Waals surface area (Å²) in [5.74, 6) is 0.249. The van der Waals surface area contributed by atoms with Gasteiger partial charge in [-0.25, -0.2) is 0 Å². The van der Waals surface area contributed by atoms with E-state index >= 15 is 0 Å². The van der Waals surface area contributed by atoms with Crippen molar-refractivity contribution in [1.82, 2.24) is 10.3 Å². The van der Waals surface area contributed by atoms with Gasteiger partial charge in [0.15, 0.2) is 5.78 Å². The summed E-state index contributed by atoms with van der Waals surface area (Å²) >= 11 is 0. The van der Waals surface area contributed by atoms with Gasteiger partial charge >= 0.3 is 0 Å². The first-order valence-electron chi connectivity index (χ1n) is 9.97. The molecule has 2 aromatic heterocycles. The fourth-order valence-corrected chi connectivity index (χ4v) is 3.29. The van der Waals surface area contributed by atoms with Gasteiger partial charge in [-0.3, -0.25) is 9.78 Å². The van der Waals surface area contributed by atoms with Crippen LogP contribution in [0.5, 0.6) is 5.75 Å². The van der Waals surface area contributed by atoms with Gasteiger partial charge in [0, 0.05) is 23.5 Å². The summed E-state index contributed by atoms with van der Waals surface area (Å²) in [5, 5.41) is 14.9. The van der Waals surface area contributed by atoms with Crippen molar-refractivity contribution in [1.29, 1.82) is 5.41 Å². The van der Waals surface area contributed by atoms with Crippen molar-refractivity contribution < 1.29 is 13.9 Å². The third-order valence-electron chi connectivity index (χ3n) is 4.89. The Morgan fingerprint density at radius 3 is 2.81 bits per heavy atom. The molecule has 0 amide bonds. The van der Waals surface area contributed by atoms with Gasteiger partial charge in [0.1, 0.15) is 18.1 Å². The molecule has 1 unspecified atom stereocenters. The normalized spacial score (nSPS) is 14.6. The maximum Gasteiger partial charge on any atom is 0.195 e. The molecule has 7 heteroatoms. The van der Waals surface area contributed by atoms with Crippen molar-refractivity contribution in [3.63, 3.8) is 0 Å². The zero-order valence-corrected chi connectivity index (χ0v) is 17.4. The van der Waals surface area contributed by atoms with Crippen LogP contribution in [0.3, 0.4) is 0 Å². The van der Waals surface area contributed by atoms with Gasteiger partial charge in [-0.2, -0.15) is 0 Å². The van der Waals surface area contributed by atoms with Crippen molar-refractivity contribution in [2.75, 3.05) is 12.4 Å². The number of rotatable bonds is 8. The van der Waals surface area contributed by atoms with Crippen molar-refractivity contribution in [2.24, 2.45) is 0 Å². The number of methoxy groups -OCH3 is 1. The summed E-state index contributed by atoms with van der Waals surface area (Å²) in [4.78, 5) is 17.8. The molecule has 7 nitrogen and oxygen atoms in total. The molecule has 32 heavy (non-hydrogen) atoms. The number of hydrogen-bond donors (Lipinski definition) is 3. The third-order valence-corrected chi connectivity index (χ3v) is 4.89. The first kappa shape index (κ1) is 20.9. The van der Waals surface area contributed by atoms with Gasteiger partial charge in [0.2, 0.25) is 0 Å². The second kappa shape index (κ2) is 9.61. The number of ether oxygens (including phenoxy) is 1. The number of aromatic nitrogens is 1. The predicted octanol–water partition coefficient (Wildman–Crippen LogP) is 4.59. The van der Waals surface area contributed by atoms with E-state index in [4.69, 9.17) is 14.6 Å². The van der Waals surface area contributed by atoms with Crippen molar-refractivity contribution in [2.45, 2.75) is 6.04 Å². The molecule has 1 aromatic carbocycles. The Labute approximate surface area is 185 Å². The van der Waals surface area contributed by atoms with Gasteiger partial charge in [-0.1, -0.05) is 36.4 Å². The van der Waals surface area contributed by atoms with E-state index in [0.717, 1.165) is 5.56 Å². The number of anilines is 1. The number of Topliss-reactive ketones (excluding diaryl/α,β-unsaturated/α-hetero) is 1. The van der Waals surface area contributed by atoms with Gasteiger partial charge in [-0.05, 0) is 23.8 Å². The summed E-state index contributed by atoms with van der Waals surface area (Å²) in [6, 6.07) is 10.3. The number of dihydropyridines is 1. The molecule has 160 valence electrons. The zero-order chi connectivity index (χ0) is 22.3. The molecule has 0 saturated carbocycles.